The van der Waals surface area contributed by atoms with Crippen molar-refractivity contribution < 1.29 is 4.79 Å². The Morgan fingerprint density at radius 3 is 2.67 bits per heavy atom. The molecule has 18 heavy (non-hydrogen) atoms. The number of nitrogens with one attached hydrogen (secondary N) is 1. The number of fused-ring (bicyclic) bond motifs is 2. The number of benzene rings is 2. The van der Waals surface area contributed by atoms with Gasteiger partial charge in [0.2, 0.25) is 0 Å². The van der Waals surface area contributed by atoms with E-state index in [9.17, 15) is 4.79 Å². The van der Waals surface area contributed by atoms with Gasteiger partial charge in [0.05, 0.1) is 11.4 Å². The molecule has 0 aliphatic carbocycles. The average Bonchev–Trinajstić information content (AvgIpc) is 2.35. The molecule has 0 fully saturated rings. The fourth-order valence-corrected chi connectivity index (χ4v) is 3.08. The van der Waals surface area contributed by atoms with Crippen molar-refractivity contribution in [2.45, 2.75) is 23.6 Å². The molecule has 0 radical (unpaired) electrons. The van der Waals surface area contributed by atoms with Crippen LogP contribution in [0.1, 0.15) is 22.8 Å². The predicted octanol–water partition coefficient (Wildman–Crippen LogP) is 4.41. The number of hydrogen-bond acceptors (Lipinski definition) is 3. The van der Waals surface area contributed by atoms with Crippen molar-refractivity contribution >= 4 is 28.9 Å². The molecular formula is C15H13NOS. The van der Waals surface area contributed by atoms with Gasteiger partial charge in [0.15, 0.2) is 5.78 Å². The molecule has 90 valence electrons. The van der Waals surface area contributed by atoms with Crippen LogP contribution < -0.4 is 5.32 Å². The van der Waals surface area contributed by atoms with Crippen molar-refractivity contribution in [2.24, 2.45) is 0 Å². The molecule has 0 amide bonds. The zero-order valence-electron chi connectivity index (χ0n) is 10.3. The van der Waals surface area contributed by atoms with E-state index in [1.807, 2.05) is 18.2 Å². The average molecular weight is 255 g/mol. The second kappa shape index (κ2) is 4.18. The molecule has 2 aromatic rings. The topological polar surface area (TPSA) is 29.1 Å². The summed E-state index contributed by atoms with van der Waals surface area (Å²) in [6.45, 7) is 3.68. The van der Waals surface area contributed by atoms with Crippen molar-refractivity contribution in [3.8, 4) is 0 Å². The maximum Gasteiger partial charge on any atom is 0.159 e. The number of ketones is 1. The lowest BCUT2D eigenvalue weighted by molar-refractivity contribution is 0.101. The molecule has 2 nitrogen and oxygen atoms in total. The van der Waals surface area contributed by atoms with E-state index in [2.05, 4.69) is 30.4 Å². The summed E-state index contributed by atoms with van der Waals surface area (Å²) in [6, 6.07) is 12.2. The minimum atomic E-state index is 0.0966. The molecular weight excluding hydrogens is 242 g/mol. The molecule has 1 N–H and O–H groups in total. The Balaban J connectivity index is 2.05. The third kappa shape index (κ3) is 1.91. The van der Waals surface area contributed by atoms with Crippen LogP contribution in [0.3, 0.4) is 0 Å². The Kier molecular flexibility index (Phi) is 2.63. The van der Waals surface area contributed by atoms with Gasteiger partial charge in [-0.05, 0) is 43.7 Å². The number of carbonyl (C=O) groups excluding carboxylic acids is 1. The molecule has 0 saturated carbocycles. The Labute approximate surface area is 110 Å². The first-order valence-corrected chi connectivity index (χ1v) is 6.65. The van der Waals surface area contributed by atoms with E-state index < -0.39 is 0 Å². The van der Waals surface area contributed by atoms with Crippen molar-refractivity contribution in [3.05, 3.63) is 47.5 Å². The molecule has 0 aromatic heterocycles. The summed E-state index contributed by atoms with van der Waals surface area (Å²) in [5.74, 6) is 0.0966. The van der Waals surface area contributed by atoms with Crippen LogP contribution in [0.15, 0.2) is 46.2 Å². The van der Waals surface area contributed by atoms with Crippen LogP contribution in [0.4, 0.5) is 11.4 Å². The van der Waals surface area contributed by atoms with E-state index in [0.717, 1.165) is 21.8 Å². The number of carbonyl (C=O) groups is 1. The largest absolute Gasteiger partial charge is 0.354 e. The first-order valence-electron chi connectivity index (χ1n) is 5.84. The second-order valence-corrected chi connectivity index (χ2v) is 5.58. The van der Waals surface area contributed by atoms with E-state index >= 15 is 0 Å². The highest BCUT2D eigenvalue weighted by molar-refractivity contribution is 7.99. The van der Waals surface area contributed by atoms with Crippen LogP contribution in [0.2, 0.25) is 0 Å². The Morgan fingerprint density at radius 1 is 1.06 bits per heavy atom. The molecule has 0 saturated heterocycles. The maximum atomic E-state index is 11.4. The highest BCUT2D eigenvalue weighted by Gasteiger charge is 2.16. The molecule has 1 aliphatic heterocycles. The van der Waals surface area contributed by atoms with Crippen LogP contribution in [-0.4, -0.2) is 5.78 Å². The molecule has 0 atom stereocenters. The van der Waals surface area contributed by atoms with Gasteiger partial charge in [-0.3, -0.25) is 4.79 Å². The van der Waals surface area contributed by atoms with Gasteiger partial charge in [-0.15, -0.1) is 0 Å². The number of anilines is 2. The molecule has 1 heterocycles. The molecule has 0 bridgehead atoms. The quantitative estimate of drug-likeness (QED) is 0.653. The fraction of sp³-hybridized carbons (Fsp3) is 0.133. The molecule has 2 aromatic carbocycles. The lowest BCUT2D eigenvalue weighted by Gasteiger charge is -2.21. The molecule has 3 rings (SSSR count). The van der Waals surface area contributed by atoms with Crippen LogP contribution in [0.25, 0.3) is 0 Å². The smallest absolute Gasteiger partial charge is 0.159 e. The number of aryl methyl sites for hydroxylation is 1. The minimum Gasteiger partial charge on any atom is -0.354 e. The lowest BCUT2D eigenvalue weighted by atomic mass is 10.1. The van der Waals surface area contributed by atoms with Gasteiger partial charge in [-0.2, -0.15) is 0 Å². The summed E-state index contributed by atoms with van der Waals surface area (Å²) in [4.78, 5) is 13.8. The van der Waals surface area contributed by atoms with Crippen molar-refractivity contribution in [3.63, 3.8) is 0 Å². The Hall–Kier alpha value is -1.74. The summed E-state index contributed by atoms with van der Waals surface area (Å²) < 4.78 is 0. The van der Waals surface area contributed by atoms with E-state index in [0.29, 0.717) is 0 Å². The van der Waals surface area contributed by atoms with E-state index in [1.54, 1.807) is 18.7 Å². The zero-order chi connectivity index (χ0) is 12.7. The monoisotopic (exact) mass is 255 g/mol. The first-order chi connectivity index (χ1) is 8.63. The van der Waals surface area contributed by atoms with Gasteiger partial charge in [-0.25, -0.2) is 0 Å². The van der Waals surface area contributed by atoms with Gasteiger partial charge >= 0.3 is 0 Å². The molecule has 3 heteroatoms. The van der Waals surface area contributed by atoms with Gasteiger partial charge in [0.1, 0.15) is 0 Å². The van der Waals surface area contributed by atoms with Crippen LogP contribution in [0, 0.1) is 6.92 Å². The number of hydrogen-bond donors (Lipinski definition) is 1. The normalized spacial score (nSPS) is 12.3. The van der Waals surface area contributed by atoms with Crippen LogP contribution in [0.5, 0.6) is 0 Å². The SMILES string of the molecule is CC(=O)c1ccc2c(c1)Nc1ccc(C)cc1S2. The Morgan fingerprint density at radius 2 is 1.89 bits per heavy atom. The van der Waals surface area contributed by atoms with Gasteiger partial charge in [0, 0.05) is 15.4 Å². The van der Waals surface area contributed by atoms with Crippen molar-refractivity contribution in [2.75, 3.05) is 5.32 Å². The zero-order valence-corrected chi connectivity index (χ0v) is 11.1. The third-order valence-corrected chi connectivity index (χ3v) is 4.15. The minimum absolute atomic E-state index is 0.0966. The summed E-state index contributed by atoms with van der Waals surface area (Å²) in [7, 11) is 0. The van der Waals surface area contributed by atoms with Gasteiger partial charge in [-0.1, -0.05) is 23.9 Å². The van der Waals surface area contributed by atoms with Crippen LogP contribution >= 0.6 is 11.8 Å². The third-order valence-electron chi connectivity index (χ3n) is 3.01. The molecule has 0 spiro atoms. The summed E-state index contributed by atoms with van der Waals surface area (Å²) in [5, 5.41) is 3.39. The van der Waals surface area contributed by atoms with Crippen LogP contribution in [-0.2, 0) is 0 Å². The van der Waals surface area contributed by atoms with Gasteiger partial charge < -0.3 is 5.32 Å². The fourth-order valence-electron chi connectivity index (χ4n) is 2.02. The van der Waals surface area contributed by atoms with Crippen molar-refractivity contribution in [1.82, 2.24) is 0 Å². The number of Topliss-reactive ketones (excluding diaryl/α,β-unsaturated/α-hetero) is 1. The maximum absolute atomic E-state index is 11.4. The highest BCUT2D eigenvalue weighted by Crippen LogP contribution is 2.44. The first kappa shape index (κ1) is 11.4. The summed E-state index contributed by atoms with van der Waals surface area (Å²) in [6.07, 6.45) is 0. The number of rotatable bonds is 1. The lowest BCUT2D eigenvalue weighted by Crippen LogP contribution is -2.02. The van der Waals surface area contributed by atoms with E-state index in [-0.39, 0.29) is 5.78 Å². The predicted molar refractivity (Wildman–Crippen MR) is 75.0 cm³/mol. The Bertz CT molecular complexity index is 649. The molecule has 0 unspecified atom stereocenters. The molecule has 1 aliphatic rings. The van der Waals surface area contributed by atoms with E-state index in [4.69, 9.17) is 0 Å². The second-order valence-electron chi connectivity index (χ2n) is 4.49. The van der Waals surface area contributed by atoms with E-state index in [1.165, 1.54) is 10.5 Å². The van der Waals surface area contributed by atoms with Crippen molar-refractivity contribution in [1.29, 1.82) is 0 Å². The summed E-state index contributed by atoms with van der Waals surface area (Å²) >= 11 is 1.74. The standard InChI is InChI=1S/C15H13NOS/c1-9-3-5-12-15(7-9)18-14-6-4-11(10(2)17)8-13(14)16-12/h3-8,16H,1-2H3. The highest BCUT2D eigenvalue weighted by atomic mass is 32.2. The summed E-state index contributed by atoms with van der Waals surface area (Å²) in [5.41, 5.74) is 4.13. The van der Waals surface area contributed by atoms with Gasteiger partial charge in [0.25, 0.3) is 0 Å².